The minimum absolute atomic E-state index is 1.02. The largest absolute Gasteiger partial charge is 0.297 e. The molecule has 1 saturated heterocycles. The van der Waals surface area contributed by atoms with Crippen LogP contribution in [-0.2, 0) is 13.1 Å². The van der Waals surface area contributed by atoms with E-state index in [-0.39, 0.29) is 0 Å². The Morgan fingerprint density at radius 1 is 0.750 bits per heavy atom. The second-order valence-corrected chi connectivity index (χ2v) is 5.40. The molecule has 3 heteroatoms. The summed E-state index contributed by atoms with van der Waals surface area (Å²) in [5.74, 6) is 0. The van der Waals surface area contributed by atoms with Crippen molar-refractivity contribution in [2.45, 2.75) is 13.1 Å². The van der Waals surface area contributed by atoms with E-state index in [4.69, 9.17) is 0 Å². The van der Waals surface area contributed by atoms with Gasteiger partial charge in [0.25, 0.3) is 0 Å². The van der Waals surface area contributed by atoms with Crippen LogP contribution in [0.5, 0.6) is 0 Å². The Morgan fingerprint density at radius 3 is 1.95 bits per heavy atom. The van der Waals surface area contributed by atoms with E-state index in [0.717, 1.165) is 39.3 Å². The number of piperazine rings is 1. The monoisotopic (exact) mass is 267 g/mol. The van der Waals surface area contributed by atoms with Gasteiger partial charge in [-0.05, 0) is 17.2 Å². The lowest BCUT2D eigenvalue weighted by Gasteiger charge is -2.34. The highest BCUT2D eigenvalue weighted by Gasteiger charge is 2.16. The van der Waals surface area contributed by atoms with E-state index >= 15 is 0 Å². The molecule has 0 N–H and O–H groups in total. The van der Waals surface area contributed by atoms with Crippen molar-refractivity contribution in [2.75, 3.05) is 26.2 Å². The van der Waals surface area contributed by atoms with Crippen LogP contribution in [0, 0.1) is 0 Å². The van der Waals surface area contributed by atoms with Crippen LogP contribution in [0.1, 0.15) is 11.1 Å². The maximum atomic E-state index is 4.18. The maximum absolute atomic E-state index is 4.18. The van der Waals surface area contributed by atoms with Crippen molar-refractivity contribution in [3.8, 4) is 0 Å². The molecule has 1 aliphatic rings. The van der Waals surface area contributed by atoms with Crippen molar-refractivity contribution in [3.05, 3.63) is 66.0 Å². The van der Waals surface area contributed by atoms with E-state index in [9.17, 15) is 0 Å². The summed E-state index contributed by atoms with van der Waals surface area (Å²) >= 11 is 0. The maximum Gasteiger partial charge on any atom is 0.0312 e. The first kappa shape index (κ1) is 13.3. The predicted octanol–water partition coefficient (Wildman–Crippen LogP) is 2.40. The molecule has 1 aromatic carbocycles. The van der Waals surface area contributed by atoms with Crippen molar-refractivity contribution in [1.82, 2.24) is 14.8 Å². The fraction of sp³-hybridized carbons (Fsp3) is 0.353. The van der Waals surface area contributed by atoms with Gasteiger partial charge in [-0.1, -0.05) is 36.4 Å². The van der Waals surface area contributed by atoms with Crippen molar-refractivity contribution < 1.29 is 0 Å². The molecule has 0 bridgehead atoms. The number of pyridine rings is 1. The fourth-order valence-corrected chi connectivity index (χ4v) is 2.70. The van der Waals surface area contributed by atoms with Crippen LogP contribution < -0.4 is 0 Å². The van der Waals surface area contributed by atoms with Gasteiger partial charge in [-0.2, -0.15) is 0 Å². The van der Waals surface area contributed by atoms with Gasteiger partial charge in [0, 0.05) is 51.7 Å². The summed E-state index contributed by atoms with van der Waals surface area (Å²) in [4.78, 5) is 9.23. The Kier molecular flexibility index (Phi) is 4.41. The van der Waals surface area contributed by atoms with Gasteiger partial charge >= 0.3 is 0 Å². The Labute approximate surface area is 120 Å². The van der Waals surface area contributed by atoms with Gasteiger partial charge in [0.1, 0.15) is 0 Å². The number of hydrogen-bond acceptors (Lipinski definition) is 3. The summed E-state index contributed by atoms with van der Waals surface area (Å²) in [7, 11) is 0. The quantitative estimate of drug-likeness (QED) is 0.848. The SMILES string of the molecule is c1ccc(CN2CCN(Cc3cccnc3)CC2)cc1. The lowest BCUT2D eigenvalue weighted by atomic mass is 10.2. The van der Waals surface area contributed by atoms with Gasteiger partial charge in [-0.15, -0.1) is 0 Å². The summed E-state index contributed by atoms with van der Waals surface area (Å²) < 4.78 is 0. The van der Waals surface area contributed by atoms with Crippen molar-refractivity contribution >= 4 is 0 Å². The van der Waals surface area contributed by atoms with Crippen LogP contribution in [0.4, 0.5) is 0 Å². The molecule has 0 unspecified atom stereocenters. The van der Waals surface area contributed by atoms with E-state index in [2.05, 4.69) is 51.2 Å². The number of nitrogens with zero attached hydrogens (tertiary/aromatic N) is 3. The molecule has 3 rings (SSSR count). The third kappa shape index (κ3) is 3.65. The molecular weight excluding hydrogens is 246 g/mol. The van der Waals surface area contributed by atoms with Gasteiger partial charge < -0.3 is 0 Å². The lowest BCUT2D eigenvalue weighted by Crippen LogP contribution is -2.45. The minimum Gasteiger partial charge on any atom is -0.297 e. The summed E-state index contributed by atoms with van der Waals surface area (Å²) in [6.07, 6.45) is 3.80. The molecule has 20 heavy (non-hydrogen) atoms. The molecule has 0 spiro atoms. The second-order valence-electron chi connectivity index (χ2n) is 5.40. The molecule has 0 aliphatic carbocycles. The second kappa shape index (κ2) is 6.64. The number of benzene rings is 1. The summed E-state index contributed by atoms with van der Waals surface area (Å²) in [5.41, 5.74) is 2.72. The van der Waals surface area contributed by atoms with Crippen LogP contribution >= 0.6 is 0 Å². The van der Waals surface area contributed by atoms with Crippen molar-refractivity contribution in [2.24, 2.45) is 0 Å². The molecule has 1 fully saturated rings. The lowest BCUT2D eigenvalue weighted by molar-refractivity contribution is 0.122. The van der Waals surface area contributed by atoms with Crippen LogP contribution in [-0.4, -0.2) is 41.0 Å². The summed E-state index contributed by atoms with van der Waals surface area (Å²) in [5, 5.41) is 0. The summed E-state index contributed by atoms with van der Waals surface area (Å²) in [6, 6.07) is 14.9. The van der Waals surface area contributed by atoms with Crippen LogP contribution in [0.15, 0.2) is 54.9 Å². The molecule has 1 aliphatic heterocycles. The highest BCUT2D eigenvalue weighted by atomic mass is 15.3. The van der Waals surface area contributed by atoms with E-state index in [1.165, 1.54) is 11.1 Å². The van der Waals surface area contributed by atoms with Crippen LogP contribution in [0.3, 0.4) is 0 Å². The van der Waals surface area contributed by atoms with Gasteiger partial charge in [0.05, 0.1) is 0 Å². The average Bonchev–Trinajstić information content (AvgIpc) is 2.51. The average molecular weight is 267 g/mol. The fourth-order valence-electron chi connectivity index (χ4n) is 2.70. The normalized spacial score (nSPS) is 17.2. The third-order valence-electron chi connectivity index (χ3n) is 3.84. The molecule has 3 nitrogen and oxygen atoms in total. The van der Waals surface area contributed by atoms with E-state index < -0.39 is 0 Å². The molecule has 2 aromatic rings. The summed E-state index contributed by atoms with van der Waals surface area (Å²) in [6.45, 7) is 6.67. The molecule has 104 valence electrons. The van der Waals surface area contributed by atoms with Gasteiger partial charge in [-0.25, -0.2) is 0 Å². The minimum atomic E-state index is 1.02. The molecule has 0 saturated carbocycles. The zero-order valence-electron chi connectivity index (χ0n) is 11.8. The molecule has 0 atom stereocenters. The smallest absolute Gasteiger partial charge is 0.0312 e. The standard InChI is InChI=1S/C17H21N3/c1-2-5-16(6-3-1)14-19-9-11-20(12-10-19)15-17-7-4-8-18-13-17/h1-8,13H,9-12,14-15H2. The highest BCUT2D eigenvalue weighted by molar-refractivity contribution is 5.14. The third-order valence-corrected chi connectivity index (χ3v) is 3.84. The Balaban J connectivity index is 1.47. The number of aromatic nitrogens is 1. The highest BCUT2D eigenvalue weighted by Crippen LogP contribution is 2.10. The Morgan fingerprint density at radius 2 is 1.35 bits per heavy atom. The molecule has 0 radical (unpaired) electrons. The zero-order valence-corrected chi connectivity index (χ0v) is 11.8. The van der Waals surface area contributed by atoms with E-state index in [0.29, 0.717) is 0 Å². The predicted molar refractivity (Wildman–Crippen MR) is 81.2 cm³/mol. The molecule has 2 heterocycles. The number of hydrogen-bond donors (Lipinski definition) is 0. The van der Waals surface area contributed by atoms with E-state index in [1.54, 1.807) is 0 Å². The van der Waals surface area contributed by atoms with Gasteiger partial charge in [-0.3, -0.25) is 14.8 Å². The van der Waals surface area contributed by atoms with Gasteiger partial charge in [0.15, 0.2) is 0 Å². The first-order valence-electron chi connectivity index (χ1n) is 7.28. The van der Waals surface area contributed by atoms with Crippen LogP contribution in [0.25, 0.3) is 0 Å². The van der Waals surface area contributed by atoms with Crippen LogP contribution in [0.2, 0.25) is 0 Å². The zero-order chi connectivity index (χ0) is 13.6. The Hall–Kier alpha value is -1.71. The molecule has 0 amide bonds. The molecular formula is C17H21N3. The Bertz CT molecular complexity index is 455. The van der Waals surface area contributed by atoms with Crippen molar-refractivity contribution in [3.63, 3.8) is 0 Å². The first-order valence-corrected chi connectivity index (χ1v) is 7.28. The van der Waals surface area contributed by atoms with Crippen molar-refractivity contribution in [1.29, 1.82) is 0 Å². The van der Waals surface area contributed by atoms with E-state index in [1.807, 2.05) is 18.5 Å². The van der Waals surface area contributed by atoms with Gasteiger partial charge in [0.2, 0.25) is 0 Å². The first-order chi connectivity index (χ1) is 9.90. The number of rotatable bonds is 4. The topological polar surface area (TPSA) is 19.4 Å². The molecule has 1 aromatic heterocycles.